The highest BCUT2D eigenvalue weighted by Crippen LogP contribution is 2.45. The molecule has 1 aliphatic carbocycles. The molecule has 1 aromatic carbocycles. The first kappa shape index (κ1) is 16.8. The van der Waals surface area contributed by atoms with Crippen molar-refractivity contribution in [3.05, 3.63) is 34.3 Å². The van der Waals surface area contributed by atoms with Crippen LogP contribution in [0, 0.1) is 0 Å². The monoisotopic (exact) mass is 372 g/mol. The van der Waals surface area contributed by atoms with E-state index in [1.54, 1.807) is 0 Å². The van der Waals surface area contributed by atoms with Gasteiger partial charge in [-0.05, 0) is 43.5 Å². The maximum atomic E-state index is 13.0. The summed E-state index contributed by atoms with van der Waals surface area (Å²) >= 11 is 3.47. The van der Waals surface area contributed by atoms with E-state index in [0.29, 0.717) is 11.9 Å². The summed E-state index contributed by atoms with van der Waals surface area (Å²) < 4.78 is 1.07. The minimum Gasteiger partial charge on any atom is -0.341 e. The molecule has 2 fully saturated rings. The number of nitrogens with one attached hydrogen (secondary N) is 1. The minimum absolute atomic E-state index is 0. The Morgan fingerprint density at radius 2 is 2.00 bits per heavy atom. The van der Waals surface area contributed by atoms with Crippen LogP contribution in [-0.4, -0.2) is 37.0 Å². The van der Waals surface area contributed by atoms with Gasteiger partial charge in [0, 0.05) is 24.1 Å². The maximum Gasteiger partial charge on any atom is 0.233 e. The third-order valence-corrected chi connectivity index (χ3v) is 5.44. The second-order valence-corrected chi connectivity index (χ2v) is 6.92. The predicted molar refractivity (Wildman–Crippen MR) is 91.0 cm³/mol. The first-order valence-corrected chi connectivity index (χ1v) is 8.17. The molecule has 3 rings (SSSR count). The number of carbonyl (C=O) groups excluding carboxylic acids is 1. The third kappa shape index (κ3) is 2.99. The highest BCUT2D eigenvalue weighted by Gasteiger charge is 2.48. The van der Waals surface area contributed by atoms with Crippen molar-refractivity contribution in [2.24, 2.45) is 0 Å². The van der Waals surface area contributed by atoms with Gasteiger partial charge in [-0.2, -0.15) is 0 Å². The maximum absolute atomic E-state index is 13.0. The van der Waals surface area contributed by atoms with E-state index in [0.717, 1.165) is 43.2 Å². The van der Waals surface area contributed by atoms with E-state index in [2.05, 4.69) is 33.4 Å². The molecule has 1 N–H and O–H groups in total. The quantitative estimate of drug-likeness (QED) is 0.883. The van der Waals surface area contributed by atoms with E-state index in [4.69, 9.17) is 0 Å². The Hall–Kier alpha value is -0.580. The number of likely N-dealkylation sites (N-methyl/N-ethyl adjacent to an activating group) is 1. The molecule has 0 aromatic heterocycles. The van der Waals surface area contributed by atoms with Crippen LogP contribution in [0.25, 0.3) is 0 Å². The lowest BCUT2D eigenvalue weighted by atomic mass is 9.63. The molecule has 2 aliphatic rings. The molecule has 5 heteroatoms. The fourth-order valence-corrected chi connectivity index (χ4v) is 3.66. The number of hydrogen-bond donors (Lipinski definition) is 1. The first-order chi connectivity index (χ1) is 9.63. The summed E-state index contributed by atoms with van der Waals surface area (Å²) in [6.45, 7) is 1.95. The highest BCUT2D eigenvalue weighted by molar-refractivity contribution is 9.10. The van der Waals surface area contributed by atoms with Crippen LogP contribution in [0.1, 0.15) is 31.2 Å². The van der Waals surface area contributed by atoms with Gasteiger partial charge in [-0.1, -0.05) is 34.5 Å². The molecule has 21 heavy (non-hydrogen) atoms. The molecule has 1 atom stereocenters. The number of carbonyl (C=O) groups is 1. The Labute approximate surface area is 141 Å². The van der Waals surface area contributed by atoms with Crippen molar-refractivity contribution in [3.8, 4) is 0 Å². The topological polar surface area (TPSA) is 32.3 Å². The van der Waals surface area contributed by atoms with Crippen molar-refractivity contribution in [1.82, 2.24) is 10.2 Å². The van der Waals surface area contributed by atoms with Crippen LogP contribution in [0.5, 0.6) is 0 Å². The summed E-state index contributed by atoms with van der Waals surface area (Å²) in [4.78, 5) is 15.0. The van der Waals surface area contributed by atoms with Crippen molar-refractivity contribution in [2.75, 3.05) is 20.1 Å². The fraction of sp³-hybridized carbons (Fsp3) is 0.562. The van der Waals surface area contributed by atoms with E-state index >= 15 is 0 Å². The van der Waals surface area contributed by atoms with Gasteiger partial charge in [0.25, 0.3) is 0 Å². The molecule has 1 heterocycles. The normalized spacial score (nSPS) is 23.0. The van der Waals surface area contributed by atoms with E-state index in [1.165, 1.54) is 5.56 Å². The van der Waals surface area contributed by atoms with Crippen LogP contribution in [0.4, 0.5) is 0 Å². The summed E-state index contributed by atoms with van der Waals surface area (Å²) in [5.41, 5.74) is 0.910. The number of amides is 1. The minimum atomic E-state index is -0.266. The third-order valence-electron chi connectivity index (χ3n) is 4.92. The lowest BCUT2D eigenvalue weighted by Crippen LogP contribution is -2.53. The molecule has 1 unspecified atom stereocenters. The molecule has 1 saturated carbocycles. The smallest absolute Gasteiger partial charge is 0.233 e. The summed E-state index contributed by atoms with van der Waals surface area (Å²) in [7, 11) is 1.97. The molecule has 0 spiro atoms. The Balaban J connectivity index is 0.00000161. The van der Waals surface area contributed by atoms with Crippen LogP contribution in [0.2, 0.25) is 0 Å². The van der Waals surface area contributed by atoms with Gasteiger partial charge < -0.3 is 10.2 Å². The van der Waals surface area contributed by atoms with Crippen LogP contribution in [-0.2, 0) is 10.2 Å². The van der Waals surface area contributed by atoms with Crippen LogP contribution < -0.4 is 5.32 Å². The number of hydrogen-bond acceptors (Lipinski definition) is 2. The van der Waals surface area contributed by atoms with Gasteiger partial charge in [-0.15, -0.1) is 12.4 Å². The van der Waals surface area contributed by atoms with Crippen LogP contribution in [0.3, 0.4) is 0 Å². The molecule has 1 aromatic rings. The number of nitrogens with zero attached hydrogens (tertiary/aromatic N) is 1. The average Bonchev–Trinajstić information content (AvgIpc) is 2.92. The van der Waals surface area contributed by atoms with Crippen molar-refractivity contribution in [3.63, 3.8) is 0 Å². The zero-order valence-corrected chi connectivity index (χ0v) is 14.7. The standard InChI is InChI=1S/C16H21BrN2O.ClH/c1-19(14-7-10-18-11-14)15(20)16(8-2-9-16)12-3-5-13(17)6-4-12;/h3-6,14,18H,2,7-11H2,1H3;1H. The number of benzene rings is 1. The van der Waals surface area contributed by atoms with Crippen molar-refractivity contribution >= 4 is 34.2 Å². The molecule has 0 bridgehead atoms. The Bertz CT molecular complexity index is 496. The van der Waals surface area contributed by atoms with Gasteiger partial charge in [0.15, 0.2) is 0 Å². The van der Waals surface area contributed by atoms with Gasteiger partial charge in [0.2, 0.25) is 5.91 Å². The summed E-state index contributed by atoms with van der Waals surface area (Å²) in [5, 5.41) is 3.34. The predicted octanol–water partition coefficient (Wildman–Crippen LogP) is 3.11. The largest absolute Gasteiger partial charge is 0.341 e. The van der Waals surface area contributed by atoms with Gasteiger partial charge in [-0.25, -0.2) is 0 Å². The Kier molecular flexibility index (Phi) is 5.33. The summed E-state index contributed by atoms with van der Waals surface area (Å²) in [6, 6.07) is 8.64. The molecule has 116 valence electrons. The Morgan fingerprint density at radius 3 is 2.48 bits per heavy atom. The molecule has 1 amide bonds. The molecular weight excluding hydrogens is 352 g/mol. The summed E-state index contributed by atoms with van der Waals surface area (Å²) in [6.07, 6.45) is 4.19. The second kappa shape index (κ2) is 6.67. The van der Waals surface area contributed by atoms with Gasteiger partial charge >= 0.3 is 0 Å². The van der Waals surface area contributed by atoms with E-state index in [-0.39, 0.29) is 17.8 Å². The second-order valence-electron chi connectivity index (χ2n) is 6.01. The van der Waals surface area contributed by atoms with Crippen LogP contribution in [0.15, 0.2) is 28.7 Å². The fourth-order valence-electron chi connectivity index (χ4n) is 3.40. The zero-order chi connectivity index (χ0) is 14.2. The highest BCUT2D eigenvalue weighted by atomic mass is 79.9. The van der Waals surface area contributed by atoms with E-state index in [9.17, 15) is 4.79 Å². The number of rotatable bonds is 3. The van der Waals surface area contributed by atoms with Gasteiger partial charge in [0.05, 0.1) is 5.41 Å². The first-order valence-electron chi connectivity index (χ1n) is 7.37. The average molecular weight is 374 g/mol. The molecular formula is C16H22BrClN2O. The van der Waals surface area contributed by atoms with Crippen molar-refractivity contribution in [1.29, 1.82) is 0 Å². The molecule has 1 saturated heterocycles. The van der Waals surface area contributed by atoms with Crippen molar-refractivity contribution < 1.29 is 4.79 Å². The van der Waals surface area contributed by atoms with Gasteiger partial charge in [-0.3, -0.25) is 4.79 Å². The SMILES string of the molecule is CN(C(=O)C1(c2ccc(Br)cc2)CCC1)C1CCNC1.Cl. The zero-order valence-electron chi connectivity index (χ0n) is 12.3. The number of halogens is 2. The van der Waals surface area contributed by atoms with Gasteiger partial charge in [0.1, 0.15) is 0 Å². The Morgan fingerprint density at radius 1 is 1.33 bits per heavy atom. The van der Waals surface area contributed by atoms with Crippen LogP contribution >= 0.6 is 28.3 Å². The van der Waals surface area contributed by atoms with E-state index < -0.39 is 0 Å². The molecule has 0 radical (unpaired) electrons. The van der Waals surface area contributed by atoms with E-state index in [1.807, 2.05) is 24.1 Å². The van der Waals surface area contributed by atoms with Crippen molar-refractivity contribution in [2.45, 2.75) is 37.1 Å². The summed E-state index contributed by atoms with van der Waals surface area (Å²) in [5.74, 6) is 0.305. The lowest BCUT2D eigenvalue weighted by Gasteiger charge is -2.44. The molecule has 1 aliphatic heterocycles. The molecule has 3 nitrogen and oxygen atoms in total. The lowest BCUT2D eigenvalue weighted by molar-refractivity contribution is -0.141.